The predicted molar refractivity (Wildman–Crippen MR) is 74.2 cm³/mol. The standard InChI is InChI=1S/C14H17N3O2/c18-12-8-4-3-7-11(12)16-14-15-10-6-2-1-5-9(10)13(19)17-14/h1-2,5-6,11-12,18H,3-4,7-8H2,(H2,15,16,17,19)/t11-,12+/m1/s1. The highest BCUT2D eigenvalue weighted by Crippen LogP contribution is 2.21. The highest BCUT2D eigenvalue weighted by atomic mass is 16.3. The van der Waals surface area contributed by atoms with Crippen molar-refractivity contribution in [2.24, 2.45) is 0 Å². The number of H-pyrrole nitrogens is 1. The molecule has 19 heavy (non-hydrogen) atoms. The summed E-state index contributed by atoms with van der Waals surface area (Å²) in [6.45, 7) is 0. The lowest BCUT2D eigenvalue weighted by molar-refractivity contribution is 0.116. The molecule has 0 aliphatic heterocycles. The zero-order valence-corrected chi connectivity index (χ0v) is 10.6. The van der Waals surface area contributed by atoms with Gasteiger partial charge in [0.2, 0.25) is 5.95 Å². The third kappa shape index (κ3) is 2.46. The van der Waals surface area contributed by atoms with Gasteiger partial charge in [0, 0.05) is 0 Å². The van der Waals surface area contributed by atoms with Gasteiger partial charge < -0.3 is 10.4 Å². The number of fused-ring (bicyclic) bond motifs is 1. The molecule has 1 aliphatic rings. The number of anilines is 1. The highest BCUT2D eigenvalue weighted by molar-refractivity contribution is 5.78. The van der Waals surface area contributed by atoms with Gasteiger partial charge in [-0.3, -0.25) is 9.78 Å². The predicted octanol–water partition coefficient (Wildman–Crippen LogP) is 1.64. The van der Waals surface area contributed by atoms with E-state index in [1.165, 1.54) is 0 Å². The zero-order chi connectivity index (χ0) is 13.2. The van der Waals surface area contributed by atoms with Crippen LogP contribution in [0.25, 0.3) is 10.9 Å². The molecule has 3 rings (SSSR count). The van der Waals surface area contributed by atoms with Crippen molar-refractivity contribution in [2.75, 3.05) is 5.32 Å². The monoisotopic (exact) mass is 259 g/mol. The first-order valence-electron chi connectivity index (χ1n) is 6.68. The third-order valence-corrected chi connectivity index (χ3v) is 3.66. The van der Waals surface area contributed by atoms with Crippen molar-refractivity contribution in [1.82, 2.24) is 9.97 Å². The molecule has 0 saturated heterocycles. The van der Waals surface area contributed by atoms with Crippen LogP contribution in [-0.2, 0) is 0 Å². The first-order valence-corrected chi connectivity index (χ1v) is 6.68. The molecule has 1 aliphatic carbocycles. The molecule has 5 heteroatoms. The lowest BCUT2D eigenvalue weighted by atomic mass is 9.93. The van der Waals surface area contributed by atoms with Gasteiger partial charge in [-0.15, -0.1) is 0 Å². The summed E-state index contributed by atoms with van der Waals surface area (Å²) in [5.74, 6) is 0.439. The number of benzene rings is 1. The number of rotatable bonds is 2. The van der Waals surface area contributed by atoms with E-state index >= 15 is 0 Å². The zero-order valence-electron chi connectivity index (χ0n) is 10.6. The quantitative estimate of drug-likeness (QED) is 0.766. The van der Waals surface area contributed by atoms with Crippen LogP contribution < -0.4 is 10.9 Å². The fourth-order valence-corrected chi connectivity index (χ4v) is 2.61. The normalized spacial score (nSPS) is 23.4. The Balaban J connectivity index is 1.91. The maximum Gasteiger partial charge on any atom is 0.260 e. The van der Waals surface area contributed by atoms with Gasteiger partial charge in [0.05, 0.1) is 23.0 Å². The summed E-state index contributed by atoms with van der Waals surface area (Å²) in [6, 6.07) is 7.21. The Kier molecular flexibility index (Phi) is 3.21. The van der Waals surface area contributed by atoms with Gasteiger partial charge in [0.1, 0.15) is 0 Å². The van der Waals surface area contributed by atoms with E-state index in [1.807, 2.05) is 18.2 Å². The number of nitrogens with one attached hydrogen (secondary N) is 2. The van der Waals surface area contributed by atoms with E-state index in [4.69, 9.17) is 0 Å². The minimum atomic E-state index is -0.370. The van der Waals surface area contributed by atoms with Gasteiger partial charge in [-0.1, -0.05) is 25.0 Å². The molecule has 5 nitrogen and oxygen atoms in total. The second kappa shape index (κ2) is 5.01. The van der Waals surface area contributed by atoms with Gasteiger partial charge in [-0.05, 0) is 25.0 Å². The van der Waals surface area contributed by atoms with Crippen molar-refractivity contribution in [3.63, 3.8) is 0 Å². The average molecular weight is 259 g/mol. The highest BCUT2D eigenvalue weighted by Gasteiger charge is 2.23. The smallest absolute Gasteiger partial charge is 0.260 e. The Morgan fingerprint density at radius 3 is 2.89 bits per heavy atom. The fourth-order valence-electron chi connectivity index (χ4n) is 2.61. The average Bonchev–Trinajstić information content (AvgIpc) is 2.42. The summed E-state index contributed by atoms with van der Waals surface area (Å²) < 4.78 is 0. The summed E-state index contributed by atoms with van der Waals surface area (Å²) in [7, 11) is 0. The minimum absolute atomic E-state index is 0.0296. The molecule has 1 aromatic heterocycles. The van der Waals surface area contributed by atoms with Crippen molar-refractivity contribution in [1.29, 1.82) is 0 Å². The van der Waals surface area contributed by atoms with Gasteiger partial charge in [-0.25, -0.2) is 4.98 Å². The molecular formula is C14H17N3O2. The molecule has 0 bridgehead atoms. The first kappa shape index (κ1) is 12.2. The second-order valence-electron chi connectivity index (χ2n) is 5.03. The molecule has 100 valence electrons. The van der Waals surface area contributed by atoms with Gasteiger partial charge >= 0.3 is 0 Å². The lowest BCUT2D eigenvalue weighted by Crippen LogP contribution is -2.37. The Hall–Kier alpha value is -1.88. The lowest BCUT2D eigenvalue weighted by Gasteiger charge is -2.28. The number of nitrogens with zero attached hydrogens (tertiary/aromatic N) is 1. The summed E-state index contributed by atoms with van der Waals surface area (Å²) in [5, 5.41) is 13.7. The van der Waals surface area contributed by atoms with E-state index in [9.17, 15) is 9.90 Å². The fraction of sp³-hybridized carbons (Fsp3) is 0.429. The number of hydrogen-bond donors (Lipinski definition) is 3. The third-order valence-electron chi connectivity index (χ3n) is 3.66. The van der Waals surface area contributed by atoms with Crippen LogP contribution >= 0.6 is 0 Å². The number of aliphatic hydroxyl groups is 1. The Bertz CT molecular complexity index is 638. The summed E-state index contributed by atoms with van der Waals surface area (Å²) >= 11 is 0. The van der Waals surface area contributed by atoms with Crippen molar-refractivity contribution >= 4 is 16.9 Å². The van der Waals surface area contributed by atoms with E-state index in [1.54, 1.807) is 6.07 Å². The van der Waals surface area contributed by atoms with Crippen LogP contribution in [0.3, 0.4) is 0 Å². The molecule has 1 fully saturated rings. The Morgan fingerprint density at radius 1 is 1.26 bits per heavy atom. The first-order chi connectivity index (χ1) is 9.24. The van der Waals surface area contributed by atoms with Gasteiger partial charge in [0.15, 0.2) is 0 Å². The van der Waals surface area contributed by atoms with Crippen LogP contribution in [0, 0.1) is 0 Å². The van der Waals surface area contributed by atoms with Crippen molar-refractivity contribution in [3.05, 3.63) is 34.6 Å². The molecule has 3 N–H and O–H groups in total. The molecule has 1 saturated carbocycles. The summed E-state index contributed by atoms with van der Waals surface area (Å²) in [6.07, 6.45) is 3.48. The Morgan fingerprint density at radius 2 is 2.05 bits per heavy atom. The molecule has 2 atom stereocenters. The number of aliphatic hydroxyl groups excluding tert-OH is 1. The molecule has 0 unspecified atom stereocenters. The molecule has 0 spiro atoms. The number of para-hydroxylation sites is 1. The van der Waals surface area contributed by atoms with E-state index in [2.05, 4.69) is 15.3 Å². The van der Waals surface area contributed by atoms with Crippen LogP contribution in [-0.4, -0.2) is 27.2 Å². The molecule has 0 amide bonds. The van der Waals surface area contributed by atoms with Crippen LogP contribution in [0.15, 0.2) is 29.1 Å². The molecule has 1 aromatic carbocycles. The molecule has 1 heterocycles. The largest absolute Gasteiger partial charge is 0.391 e. The summed E-state index contributed by atoms with van der Waals surface area (Å²) in [4.78, 5) is 19.0. The molecular weight excluding hydrogens is 242 g/mol. The van der Waals surface area contributed by atoms with Crippen LogP contribution in [0.5, 0.6) is 0 Å². The van der Waals surface area contributed by atoms with E-state index in [0.717, 1.165) is 25.7 Å². The second-order valence-corrected chi connectivity index (χ2v) is 5.03. The van der Waals surface area contributed by atoms with E-state index in [-0.39, 0.29) is 17.7 Å². The van der Waals surface area contributed by atoms with Gasteiger partial charge in [-0.2, -0.15) is 0 Å². The van der Waals surface area contributed by atoms with Crippen LogP contribution in [0.1, 0.15) is 25.7 Å². The molecule has 0 radical (unpaired) electrons. The topological polar surface area (TPSA) is 78.0 Å². The minimum Gasteiger partial charge on any atom is -0.391 e. The van der Waals surface area contributed by atoms with Gasteiger partial charge in [0.25, 0.3) is 5.56 Å². The van der Waals surface area contributed by atoms with Crippen molar-refractivity contribution in [3.8, 4) is 0 Å². The SMILES string of the molecule is O=c1[nH]c(N[C@@H]2CCCC[C@@H]2O)nc2ccccc12. The van der Waals surface area contributed by atoms with Crippen molar-refractivity contribution < 1.29 is 5.11 Å². The van der Waals surface area contributed by atoms with Crippen LogP contribution in [0.4, 0.5) is 5.95 Å². The maximum absolute atomic E-state index is 11.9. The molecule has 2 aromatic rings. The van der Waals surface area contributed by atoms with E-state index in [0.29, 0.717) is 16.9 Å². The van der Waals surface area contributed by atoms with Crippen molar-refractivity contribution in [2.45, 2.75) is 37.8 Å². The number of aromatic amines is 1. The van der Waals surface area contributed by atoms with E-state index < -0.39 is 0 Å². The summed E-state index contributed by atoms with van der Waals surface area (Å²) in [5.41, 5.74) is 0.512. The number of aromatic nitrogens is 2. The van der Waals surface area contributed by atoms with Crippen LogP contribution in [0.2, 0.25) is 0 Å². The maximum atomic E-state index is 11.9. The Labute approximate surface area is 110 Å². The number of hydrogen-bond acceptors (Lipinski definition) is 4.